The van der Waals surface area contributed by atoms with Gasteiger partial charge in [-0.05, 0) is 51.7 Å². The topological polar surface area (TPSA) is 220 Å². The predicted molar refractivity (Wildman–Crippen MR) is 204 cm³/mol. The molecule has 16 heteroatoms. The molecule has 3 aliphatic heterocycles. The number of carbonyl (C=O) groups excluding carboxylic acids is 5. The van der Waals surface area contributed by atoms with Crippen LogP contribution in [0.15, 0.2) is 48.1 Å². The molecule has 3 aliphatic rings. The van der Waals surface area contributed by atoms with Crippen LogP contribution in [0, 0.1) is 0 Å². The van der Waals surface area contributed by atoms with Crippen LogP contribution in [0.25, 0.3) is 6.08 Å². The number of hydrogen-bond acceptors (Lipinski definition) is 16. The molecule has 0 unspecified atom stereocenters. The first-order chi connectivity index (χ1) is 27.7. The average molecular weight is 819 g/mol. The molecule has 3 fully saturated rings. The summed E-state index contributed by atoms with van der Waals surface area (Å²) in [5.74, 6) is -3.87. The monoisotopic (exact) mass is 818 g/mol. The zero-order chi connectivity index (χ0) is 42.4. The molecule has 0 amide bonds. The lowest BCUT2D eigenvalue weighted by Crippen LogP contribution is -2.65. The summed E-state index contributed by atoms with van der Waals surface area (Å²) in [6.45, 7) is 7.17. The Balaban J connectivity index is 1.75. The van der Waals surface area contributed by atoms with Crippen molar-refractivity contribution in [1.82, 2.24) is 0 Å². The lowest BCUT2D eigenvalue weighted by Gasteiger charge is -2.47. The molecule has 0 saturated carbocycles. The van der Waals surface area contributed by atoms with Gasteiger partial charge in [-0.3, -0.25) is 14.4 Å². The van der Waals surface area contributed by atoms with E-state index >= 15 is 0 Å². The summed E-state index contributed by atoms with van der Waals surface area (Å²) in [5, 5.41) is 34.1. The molecule has 3 heterocycles. The Labute approximate surface area is 338 Å². The highest BCUT2D eigenvalue weighted by atomic mass is 16.8. The Bertz CT molecular complexity index is 1580. The summed E-state index contributed by atoms with van der Waals surface area (Å²) in [6.07, 6.45) is -9.26. The molecule has 1 aromatic carbocycles. The summed E-state index contributed by atoms with van der Waals surface area (Å²) < 4.78 is 47.5. The first-order valence-electron chi connectivity index (χ1n) is 20.0. The first-order valence-corrected chi connectivity index (χ1v) is 20.0. The lowest BCUT2D eigenvalue weighted by molar-refractivity contribution is -0.369. The summed E-state index contributed by atoms with van der Waals surface area (Å²) in [6, 6.07) is 8.84. The number of ketones is 1. The zero-order valence-electron chi connectivity index (χ0n) is 33.8. The Kier molecular flexibility index (Phi) is 18.5. The maximum atomic E-state index is 13.3. The van der Waals surface area contributed by atoms with E-state index in [2.05, 4.69) is 0 Å². The Morgan fingerprint density at radius 2 is 1.55 bits per heavy atom. The predicted octanol–water partition coefficient (Wildman–Crippen LogP) is 3.40. The van der Waals surface area contributed by atoms with E-state index in [0.717, 1.165) is 12.5 Å². The second kappa shape index (κ2) is 22.9. The number of aliphatic hydroxyl groups excluding tert-OH is 3. The first kappa shape index (κ1) is 46.7. The SMILES string of the molecule is C/C=C(\C)C(=O)O[C@@H]1[C@@H](O)[C@@H]2O[C@H]3[C@H](O[C@@H](CCC)CCCCC[C@H](O)C(=O)CCC(=O)OC[C@@H](O2)[C@@H]1OC(=O)/C=C/c1ccccc1)O[C@H](C)[C@H](OC(C)=O)[C@@H]3O. The van der Waals surface area contributed by atoms with Gasteiger partial charge in [0.15, 0.2) is 36.7 Å². The molecule has 16 nitrogen and oxygen atoms in total. The molecular formula is C42H58O16. The highest BCUT2D eigenvalue weighted by molar-refractivity contribution is 5.88. The molecule has 0 aromatic heterocycles. The van der Waals surface area contributed by atoms with Crippen LogP contribution in [0.4, 0.5) is 0 Å². The van der Waals surface area contributed by atoms with Crippen molar-refractivity contribution in [2.24, 2.45) is 0 Å². The summed E-state index contributed by atoms with van der Waals surface area (Å²) >= 11 is 0. The van der Waals surface area contributed by atoms with Crippen molar-refractivity contribution in [1.29, 1.82) is 0 Å². The number of cyclic esters (lactones) is 1. The van der Waals surface area contributed by atoms with E-state index in [9.17, 15) is 39.3 Å². The largest absolute Gasteiger partial charge is 0.463 e. The number of Topliss-reactive ketones (excluding diaryl/α,β-unsaturated/α-hetero) is 1. The van der Waals surface area contributed by atoms with Crippen molar-refractivity contribution >= 4 is 35.7 Å². The molecule has 0 radical (unpaired) electrons. The van der Waals surface area contributed by atoms with E-state index in [1.165, 1.54) is 26.0 Å². The van der Waals surface area contributed by atoms with Gasteiger partial charge >= 0.3 is 23.9 Å². The minimum Gasteiger partial charge on any atom is -0.463 e. The number of fused-ring (bicyclic) bond motifs is 3. The van der Waals surface area contributed by atoms with Crippen LogP contribution in [-0.2, 0) is 61.9 Å². The summed E-state index contributed by atoms with van der Waals surface area (Å²) in [7, 11) is 0. The molecule has 4 rings (SSSR count). The third kappa shape index (κ3) is 13.5. The molecule has 0 aliphatic carbocycles. The van der Waals surface area contributed by atoms with E-state index in [-0.39, 0.29) is 24.8 Å². The van der Waals surface area contributed by atoms with E-state index in [4.69, 9.17) is 37.9 Å². The van der Waals surface area contributed by atoms with Crippen LogP contribution in [0.2, 0.25) is 0 Å². The Hall–Kier alpha value is -4.03. The highest BCUT2D eigenvalue weighted by Crippen LogP contribution is 2.34. The smallest absolute Gasteiger partial charge is 0.333 e. The fraction of sp³-hybridized carbons (Fsp3) is 0.643. The molecule has 3 saturated heterocycles. The van der Waals surface area contributed by atoms with E-state index in [1.807, 2.05) is 6.92 Å². The molecule has 58 heavy (non-hydrogen) atoms. The van der Waals surface area contributed by atoms with Gasteiger partial charge in [-0.2, -0.15) is 0 Å². The highest BCUT2D eigenvalue weighted by Gasteiger charge is 2.55. The van der Waals surface area contributed by atoms with Crippen molar-refractivity contribution in [2.45, 2.75) is 166 Å². The van der Waals surface area contributed by atoms with Gasteiger partial charge in [-0.1, -0.05) is 69.0 Å². The fourth-order valence-corrected chi connectivity index (χ4v) is 6.89. The Morgan fingerprint density at radius 1 is 0.828 bits per heavy atom. The van der Waals surface area contributed by atoms with Crippen molar-refractivity contribution in [3.63, 3.8) is 0 Å². The number of aliphatic hydroxyl groups is 3. The third-order valence-electron chi connectivity index (χ3n) is 10.2. The third-order valence-corrected chi connectivity index (χ3v) is 10.2. The molecule has 12 atom stereocenters. The van der Waals surface area contributed by atoms with Crippen LogP contribution in [0.3, 0.4) is 0 Å². The molecule has 0 spiro atoms. The maximum Gasteiger partial charge on any atom is 0.333 e. The lowest BCUT2D eigenvalue weighted by atomic mass is 9.96. The minimum absolute atomic E-state index is 0.151. The van der Waals surface area contributed by atoms with Gasteiger partial charge in [0.2, 0.25) is 0 Å². The van der Waals surface area contributed by atoms with Gasteiger partial charge in [0.25, 0.3) is 0 Å². The molecule has 322 valence electrons. The molecule has 3 N–H and O–H groups in total. The van der Waals surface area contributed by atoms with Crippen LogP contribution in [0.5, 0.6) is 0 Å². The molecular weight excluding hydrogens is 760 g/mol. The number of esters is 4. The number of benzene rings is 1. The van der Waals surface area contributed by atoms with Crippen LogP contribution < -0.4 is 0 Å². The van der Waals surface area contributed by atoms with Crippen molar-refractivity contribution < 1.29 is 77.2 Å². The molecule has 2 bridgehead atoms. The van der Waals surface area contributed by atoms with Gasteiger partial charge in [-0.25, -0.2) is 9.59 Å². The standard InChI is InChI=1S/C42H58O16/c1-6-14-28-17-12-9-13-18-29(44)30(45)20-22-32(46)51-23-31-37(56-33(47)21-19-27-15-10-8-11-16-27)38(57-40(50)24(3)7-2)35(49)41(55-31)58-39-34(48)36(53-26(5)43)25(4)52-42(39)54-28/h7-8,10-11,15-16,19,21,25,28-29,31,34-39,41-42,44,48-49H,6,9,12-14,17-18,20,22-23H2,1-5H3/b21-19+,24-7+/t25-,28+,29+,31-,34+,35-,36+,37+,38-,39-,41+,42+/m1/s1. The summed E-state index contributed by atoms with van der Waals surface area (Å²) in [4.78, 5) is 64.3. The second-order valence-corrected chi connectivity index (χ2v) is 14.7. The van der Waals surface area contributed by atoms with Gasteiger partial charge in [0.1, 0.15) is 37.1 Å². The van der Waals surface area contributed by atoms with Crippen LogP contribution in [-0.4, -0.2) is 125 Å². The van der Waals surface area contributed by atoms with Crippen LogP contribution >= 0.6 is 0 Å². The second-order valence-electron chi connectivity index (χ2n) is 14.7. The quantitative estimate of drug-likeness (QED) is 0.194. The van der Waals surface area contributed by atoms with Gasteiger partial charge in [-0.15, -0.1) is 0 Å². The number of carbonyl (C=O) groups is 5. The van der Waals surface area contributed by atoms with Crippen molar-refractivity contribution in [3.8, 4) is 0 Å². The zero-order valence-corrected chi connectivity index (χ0v) is 33.8. The maximum absolute atomic E-state index is 13.3. The van der Waals surface area contributed by atoms with Gasteiger partial charge in [0, 0.05) is 25.0 Å². The normalized spacial score (nSPS) is 33.6. The fourth-order valence-electron chi connectivity index (χ4n) is 6.89. The van der Waals surface area contributed by atoms with E-state index < -0.39 is 110 Å². The number of ether oxygens (including phenoxy) is 8. The Morgan fingerprint density at radius 3 is 2.24 bits per heavy atom. The van der Waals surface area contributed by atoms with E-state index in [1.54, 1.807) is 44.2 Å². The van der Waals surface area contributed by atoms with E-state index in [0.29, 0.717) is 37.7 Å². The number of rotatable bonds is 8. The summed E-state index contributed by atoms with van der Waals surface area (Å²) in [5.41, 5.74) is 0.821. The molecule has 1 aromatic rings. The minimum atomic E-state index is -1.90. The van der Waals surface area contributed by atoms with Gasteiger partial charge in [0.05, 0.1) is 18.6 Å². The van der Waals surface area contributed by atoms with Crippen molar-refractivity contribution in [2.75, 3.05) is 6.61 Å². The van der Waals surface area contributed by atoms with Gasteiger partial charge < -0.3 is 53.2 Å². The average Bonchev–Trinajstić information content (AvgIpc) is 3.20. The number of allylic oxidation sites excluding steroid dienone is 1. The van der Waals surface area contributed by atoms with Crippen LogP contribution in [0.1, 0.15) is 98.0 Å². The van der Waals surface area contributed by atoms with Crippen molar-refractivity contribution in [3.05, 3.63) is 53.6 Å². The number of hydrogen-bond donors (Lipinski definition) is 3.